The molecule has 0 saturated heterocycles. The highest BCUT2D eigenvalue weighted by Crippen LogP contribution is 2.08. The highest BCUT2D eigenvalue weighted by atomic mass is 16.2. The number of nitrogens with one attached hydrogen (secondary N) is 2. The van der Waals surface area contributed by atoms with Gasteiger partial charge in [0.2, 0.25) is 11.9 Å². The van der Waals surface area contributed by atoms with Crippen molar-refractivity contribution in [3.63, 3.8) is 0 Å². The van der Waals surface area contributed by atoms with Crippen LogP contribution in [0.25, 0.3) is 0 Å². The number of carbonyl (C=O) groups excluding carboxylic acids is 1. The number of hydrogen-bond donors (Lipinski definition) is 3. The number of nitrogens with two attached hydrogens (primary N) is 1. The minimum atomic E-state index is -0.352. The summed E-state index contributed by atoms with van der Waals surface area (Å²) in [5.74, 6) is 0.713. The van der Waals surface area contributed by atoms with Gasteiger partial charge in [0.15, 0.2) is 0 Å². The first-order valence-corrected chi connectivity index (χ1v) is 5.68. The van der Waals surface area contributed by atoms with Crippen molar-refractivity contribution in [1.29, 1.82) is 0 Å². The van der Waals surface area contributed by atoms with E-state index >= 15 is 0 Å². The fourth-order valence-electron chi connectivity index (χ4n) is 1.35. The fraction of sp³-hybridized carbons (Fsp3) is 0.545. The summed E-state index contributed by atoms with van der Waals surface area (Å²) in [5, 5.41) is 5.79. The Hall–Kier alpha value is -1.85. The summed E-state index contributed by atoms with van der Waals surface area (Å²) in [6, 6.07) is 1.40. The lowest BCUT2D eigenvalue weighted by Gasteiger charge is -2.14. The fourth-order valence-corrected chi connectivity index (χ4v) is 1.35. The number of aromatic nitrogens is 2. The van der Waals surface area contributed by atoms with Crippen LogP contribution in [0.1, 0.15) is 26.0 Å². The molecule has 1 aromatic rings. The van der Waals surface area contributed by atoms with E-state index in [1.807, 2.05) is 13.8 Å². The lowest BCUT2D eigenvalue weighted by Crippen LogP contribution is -2.38. The van der Waals surface area contributed by atoms with Crippen LogP contribution in [-0.2, 0) is 4.79 Å². The highest BCUT2D eigenvalue weighted by Gasteiger charge is 2.12. The van der Waals surface area contributed by atoms with E-state index in [0.717, 1.165) is 12.1 Å². The van der Waals surface area contributed by atoms with Crippen LogP contribution in [0.15, 0.2) is 6.07 Å². The smallest absolute Gasteiger partial charge is 0.242 e. The standard InChI is InChI=1S/C11H19N5O/c1-4-5-13-10(17)8(3)15-9-6-7(2)14-11(12)16-9/h6,8H,4-5H2,1-3H3,(H,13,17)(H3,12,14,15,16). The molecule has 0 spiro atoms. The summed E-state index contributed by atoms with van der Waals surface area (Å²) in [7, 11) is 0. The molecule has 94 valence electrons. The van der Waals surface area contributed by atoms with E-state index < -0.39 is 0 Å². The summed E-state index contributed by atoms with van der Waals surface area (Å²) >= 11 is 0. The SMILES string of the molecule is CCCNC(=O)C(C)Nc1cc(C)nc(N)n1. The highest BCUT2D eigenvalue weighted by molar-refractivity contribution is 5.83. The molecule has 1 unspecified atom stereocenters. The summed E-state index contributed by atoms with van der Waals surface area (Å²) in [4.78, 5) is 19.6. The van der Waals surface area contributed by atoms with Gasteiger partial charge in [0.05, 0.1) is 0 Å². The van der Waals surface area contributed by atoms with Crippen LogP contribution in [0, 0.1) is 6.92 Å². The quantitative estimate of drug-likeness (QED) is 0.700. The molecule has 1 amide bonds. The number of rotatable bonds is 5. The lowest BCUT2D eigenvalue weighted by molar-refractivity contribution is -0.121. The van der Waals surface area contributed by atoms with E-state index in [1.54, 1.807) is 13.0 Å². The van der Waals surface area contributed by atoms with E-state index in [1.165, 1.54) is 0 Å². The molecule has 0 aliphatic rings. The number of nitrogen functional groups attached to an aromatic ring is 1. The van der Waals surface area contributed by atoms with Crippen molar-refractivity contribution in [1.82, 2.24) is 15.3 Å². The number of carbonyl (C=O) groups is 1. The zero-order chi connectivity index (χ0) is 12.8. The monoisotopic (exact) mass is 237 g/mol. The molecule has 0 radical (unpaired) electrons. The second-order valence-corrected chi connectivity index (χ2v) is 3.91. The van der Waals surface area contributed by atoms with Gasteiger partial charge < -0.3 is 16.4 Å². The molecular formula is C11H19N5O. The Labute approximate surface area is 101 Å². The van der Waals surface area contributed by atoms with Gasteiger partial charge in [0, 0.05) is 18.3 Å². The second kappa shape index (κ2) is 6.03. The van der Waals surface area contributed by atoms with Gasteiger partial charge in [-0.25, -0.2) is 4.98 Å². The molecule has 17 heavy (non-hydrogen) atoms. The van der Waals surface area contributed by atoms with E-state index in [9.17, 15) is 4.79 Å². The molecule has 0 aromatic carbocycles. The first-order chi connectivity index (χ1) is 8.02. The molecule has 6 nitrogen and oxygen atoms in total. The Morgan fingerprint density at radius 3 is 2.82 bits per heavy atom. The lowest BCUT2D eigenvalue weighted by atomic mass is 10.3. The van der Waals surface area contributed by atoms with Gasteiger partial charge in [-0.1, -0.05) is 6.92 Å². The topological polar surface area (TPSA) is 92.9 Å². The summed E-state index contributed by atoms with van der Waals surface area (Å²) in [6.45, 7) is 6.28. The Kier molecular flexibility index (Phi) is 4.68. The molecule has 4 N–H and O–H groups in total. The van der Waals surface area contributed by atoms with Crippen LogP contribution < -0.4 is 16.4 Å². The van der Waals surface area contributed by atoms with Crippen molar-refractivity contribution in [2.75, 3.05) is 17.6 Å². The normalized spacial score (nSPS) is 11.9. The maximum atomic E-state index is 11.6. The average Bonchev–Trinajstić information content (AvgIpc) is 2.24. The minimum Gasteiger partial charge on any atom is -0.368 e. The Bertz CT molecular complexity index is 373. The molecule has 1 aromatic heterocycles. The zero-order valence-corrected chi connectivity index (χ0v) is 10.4. The maximum Gasteiger partial charge on any atom is 0.242 e. The summed E-state index contributed by atoms with van der Waals surface area (Å²) in [6.07, 6.45) is 0.915. The van der Waals surface area contributed by atoms with Crippen molar-refractivity contribution in [3.8, 4) is 0 Å². The van der Waals surface area contributed by atoms with Crippen molar-refractivity contribution < 1.29 is 4.79 Å². The Morgan fingerprint density at radius 2 is 2.24 bits per heavy atom. The average molecular weight is 237 g/mol. The third-order valence-corrected chi connectivity index (χ3v) is 2.18. The second-order valence-electron chi connectivity index (χ2n) is 3.91. The van der Waals surface area contributed by atoms with Crippen molar-refractivity contribution in [2.24, 2.45) is 0 Å². The number of hydrogen-bond acceptors (Lipinski definition) is 5. The predicted octanol–water partition coefficient (Wildman–Crippen LogP) is 0.694. The van der Waals surface area contributed by atoms with Crippen LogP contribution in [0.5, 0.6) is 0 Å². The van der Waals surface area contributed by atoms with Gasteiger partial charge in [0.25, 0.3) is 0 Å². The minimum absolute atomic E-state index is 0.0540. The molecule has 1 heterocycles. The van der Waals surface area contributed by atoms with E-state index in [0.29, 0.717) is 12.4 Å². The van der Waals surface area contributed by atoms with Gasteiger partial charge in [-0.2, -0.15) is 4.98 Å². The van der Waals surface area contributed by atoms with Gasteiger partial charge in [-0.05, 0) is 20.3 Å². The molecule has 0 bridgehead atoms. The van der Waals surface area contributed by atoms with Gasteiger partial charge in [-0.15, -0.1) is 0 Å². The van der Waals surface area contributed by atoms with Gasteiger partial charge in [-0.3, -0.25) is 4.79 Å². The number of nitrogens with zero attached hydrogens (tertiary/aromatic N) is 2. The van der Waals surface area contributed by atoms with Crippen LogP contribution in [0.3, 0.4) is 0 Å². The van der Waals surface area contributed by atoms with Crippen molar-refractivity contribution in [3.05, 3.63) is 11.8 Å². The number of amides is 1. The largest absolute Gasteiger partial charge is 0.368 e. The number of aryl methyl sites for hydroxylation is 1. The first kappa shape index (κ1) is 13.2. The van der Waals surface area contributed by atoms with E-state index in [-0.39, 0.29) is 17.9 Å². The predicted molar refractivity (Wildman–Crippen MR) is 67.6 cm³/mol. The summed E-state index contributed by atoms with van der Waals surface area (Å²) in [5.41, 5.74) is 6.29. The van der Waals surface area contributed by atoms with E-state index in [4.69, 9.17) is 5.73 Å². The van der Waals surface area contributed by atoms with Crippen molar-refractivity contribution in [2.45, 2.75) is 33.2 Å². The molecule has 0 fully saturated rings. The molecular weight excluding hydrogens is 218 g/mol. The molecule has 0 saturated carbocycles. The summed E-state index contributed by atoms with van der Waals surface area (Å²) < 4.78 is 0. The molecule has 0 aliphatic heterocycles. The zero-order valence-electron chi connectivity index (χ0n) is 10.4. The molecule has 6 heteroatoms. The first-order valence-electron chi connectivity index (χ1n) is 5.68. The third kappa shape index (κ3) is 4.26. The van der Waals surface area contributed by atoms with Crippen LogP contribution in [0.2, 0.25) is 0 Å². The third-order valence-electron chi connectivity index (χ3n) is 2.18. The van der Waals surface area contributed by atoms with E-state index in [2.05, 4.69) is 20.6 Å². The molecule has 1 atom stereocenters. The van der Waals surface area contributed by atoms with Crippen molar-refractivity contribution >= 4 is 17.7 Å². The van der Waals surface area contributed by atoms with Crippen LogP contribution in [0.4, 0.5) is 11.8 Å². The van der Waals surface area contributed by atoms with Crippen LogP contribution >= 0.6 is 0 Å². The van der Waals surface area contributed by atoms with Gasteiger partial charge >= 0.3 is 0 Å². The molecule has 1 rings (SSSR count). The number of anilines is 2. The maximum absolute atomic E-state index is 11.6. The van der Waals surface area contributed by atoms with Gasteiger partial charge in [0.1, 0.15) is 11.9 Å². The molecule has 0 aliphatic carbocycles. The Balaban J connectivity index is 2.60. The Morgan fingerprint density at radius 1 is 1.53 bits per heavy atom. The van der Waals surface area contributed by atoms with Crippen LogP contribution in [-0.4, -0.2) is 28.5 Å².